The molecule has 0 fully saturated rings. The van der Waals surface area contributed by atoms with Crippen LogP contribution in [0.3, 0.4) is 0 Å². The van der Waals surface area contributed by atoms with Gasteiger partial charge in [0.1, 0.15) is 11.8 Å². The number of nitro benzene ring substituents is 1. The average molecular weight is 494 g/mol. The van der Waals surface area contributed by atoms with Crippen molar-refractivity contribution in [2.24, 2.45) is 10.2 Å². The quantitative estimate of drug-likeness (QED) is 0.171. The van der Waals surface area contributed by atoms with Crippen LogP contribution in [0.2, 0.25) is 0 Å². The molecule has 0 saturated heterocycles. The van der Waals surface area contributed by atoms with Gasteiger partial charge in [0.05, 0.1) is 21.9 Å². The summed E-state index contributed by atoms with van der Waals surface area (Å²) in [5, 5.41) is 34.0. The fourth-order valence-corrected chi connectivity index (χ4v) is 4.27. The molecule has 0 aliphatic rings. The van der Waals surface area contributed by atoms with Crippen LogP contribution in [0, 0.1) is 21.4 Å². The molecule has 36 heavy (non-hydrogen) atoms. The lowest BCUT2D eigenvalue weighted by Gasteiger charge is -2.00. The van der Waals surface area contributed by atoms with Gasteiger partial charge in [-0.05, 0) is 24.3 Å². The van der Waals surface area contributed by atoms with E-state index >= 15 is 0 Å². The highest BCUT2D eigenvalue weighted by Crippen LogP contribution is 2.31. The third kappa shape index (κ3) is 4.31. The van der Waals surface area contributed by atoms with Crippen LogP contribution in [0.15, 0.2) is 99.3 Å². The number of nitrogens with one attached hydrogen (secondary N) is 1. The number of hydrogen-bond donors (Lipinski definition) is 1. The minimum absolute atomic E-state index is 0.0203. The molecule has 0 saturated carbocycles. The summed E-state index contributed by atoms with van der Waals surface area (Å²) in [4.78, 5) is 28.6. The van der Waals surface area contributed by atoms with Gasteiger partial charge in [-0.15, -0.1) is 21.6 Å². The largest absolute Gasteiger partial charge is 0.301 e. The summed E-state index contributed by atoms with van der Waals surface area (Å²) in [6.07, 6.45) is 0. The Bertz CT molecular complexity index is 1690. The van der Waals surface area contributed by atoms with Gasteiger partial charge >= 0.3 is 5.56 Å². The van der Waals surface area contributed by atoms with Gasteiger partial charge in [-0.3, -0.25) is 20.0 Å². The van der Waals surface area contributed by atoms with Crippen molar-refractivity contribution in [1.29, 1.82) is 5.26 Å². The molecule has 174 valence electrons. The van der Waals surface area contributed by atoms with Gasteiger partial charge in [0.25, 0.3) is 5.69 Å². The van der Waals surface area contributed by atoms with Gasteiger partial charge in [0, 0.05) is 28.6 Å². The summed E-state index contributed by atoms with van der Waals surface area (Å²) in [5.74, 6) is 0. The number of H-pyrrole nitrogens is 1. The van der Waals surface area contributed by atoms with Crippen molar-refractivity contribution in [3.8, 4) is 33.7 Å². The first-order chi connectivity index (χ1) is 17.5. The van der Waals surface area contributed by atoms with Gasteiger partial charge in [-0.1, -0.05) is 42.5 Å². The SMILES string of the molecule is N#Cc1ccccc1N=Nc1c(-c2ccc([N+](=O)[O-])cc2)[nH]n(-c2nc(-c3ccccc3)cs2)c1=O. The molecule has 11 heteroatoms. The second kappa shape index (κ2) is 9.57. The van der Waals surface area contributed by atoms with E-state index in [9.17, 15) is 20.2 Å². The van der Waals surface area contributed by atoms with Crippen LogP contribution < -0.4 is 5.56 Å². The average Bonchev–Trinajstić information content (AvgIpc) is 3.53. The maximum atomic E-state index is 13.4. The Kier molecular flexibility index (Phi) is 6.00. The zero-order chi connectivity index (χ0) is 25.1. The Balaban J connectivity index is 1.63. The van der Waals surface area contributed by atoms with E-state index in [4.69, 9.17) is 0 Å². The predicted octanol–water partition coefficient (Wildman–Crippen LogP) is 6.15. The number of thiazole rings is 1. The lowest BCUT2D eigenvalue weighted by atomic mass is 10.1. The Hall–Kier alpha value is -5.21. The van der Waals surface area contributed by atoms with Gasteiger partial charge in [0.2, 0.25) is 5.13 Å². The molecule has 5 rings (SSSR count). The molecule has 2 heterocycles. The number of nitriles is 1. The van der Waals surface area contributed by atoms with Crippen LogP contribution in [0.5, 0.6) is 0 Å². The molecule has 2 aromatic heterocycles. The Morgan fingerprint density at radius 3 is 2.42 bits per heavy atom. The normalized spacial score (nSPS) is 11.0. The van der Waals surface area contributed by atoms with Crippen molar-refractivity contribution < 1.29 is 4.92 Å². The molecule has 5 aromatic rings. The van der Waals surface area contributed by atoms with Gasteiger partial charge in [-0.2, -0.15) is 9.94 Å². The molecule has 0 aliphatic carbocycles. The highest BCUT2D eigenvalue weighted by Gasteiger charge is 2.20. The third-order valence-electron chi connectivity index (χ3n) is 5.27. The Morgan fingerprint density at radius 2 is 1.69 bits per heavy atom. The first-order valence-electron chi connectivity index (χ1n) is 10.6. The van der Waals surface area contributed by atoms with Crippen LogP contribution in [-0.2, 0) is 0 Å². The summed E-state index contributed by atoms with van der Waals surface area (Å²) in [6, 6.07) is 24.0. The third-order valence-corrected chi connectivity index (χ3v) is 6.09. The van der Waals surface area contributed by atoms with Crippen molar-refractivity contribution in [2.45, 2.75) is 0 Å². The Morgan fingerprint density at radius 1 is 0.972 bits per heavy atom. The van der Waals surface area contributed by atoms with Crippen molar-refractivity contribution in [1.82, 2.24) is 14.8 Å². The minimum Gasteiger partial charge on any atom is -0.286 e. The van der Waals surface area contributed by atoms with E-state index in [1.165, 1.54) is 40.3 Å². The molecular weight excluding hydrogens is 478 g/mol. The van der Waals surface area contributed by atoms with Crippen molar-refractivity contribution in [3.05, 3.63) is 110 Å². The number of nitro groups is 1. The van der Waals surface area contributed by atoms with Gasteiger partial charge < -0.3 is 0 Å². The number of rotatable bonds is 6. The molecule has 0 spiro atoms. The predicted molar refractivity (Wildman–Crippen MR) is 135 cm³/mol. The number of benzene rings is 3. The van der Waals surface area contributed by atoms with E-state index in [0.29, 0.717) is 33.3 Å². The van der Waals surface area contributed by atoms with Crippen LogP contribution >= 0.6 is 11.3 Å². The first-order valence-corrected chi connectivity index (χ1v) is 11.4. The summed E-state index contributed by atoms with van der Waals surface area (Å²) in [6.45, 7) is 0. The molecule has 10 nitrogen and oxygen atoms in total. The van der Waals surface area contributed by atoms with Crippen LogP contribution in [0.25, 0.3) is 27.6 Å². The van der Waals surface area contributed by atoms with E-state index in [0.717, 1.165) is 5.56 Å². The molecule has 0 aliphatic heterocycles. The van der Waals surface area contributed by atoms with Crippen molar-refractivity contribution in [3.63, 3.8) is 0 Å². The second-order valence-electron chi connectivity index (χ2n) is 7.49. The number of non-ortho nitro benzene ring substituents is 1. The maximum absolute atomic E-state index is 13.4. The molecule has 0 amide bonds. The highest BCUT2D eigenvalue weighted by molar-refractivity contribution is 7.12. The number of hydrogen-bond acceptors (Lipinski definition) is 8. The number of aromatic amines is 1. The molecule has 0 bridgehead atoms. The van der Waals surface area contributed by atoms with Gasteiger partial charge in [0.15, 0.2) is 5.69 Å². The zero-order valence-corrected chi connectivity index (χ0v) is 19.2. The molecule has 0 atom stereocenters. The van der Waals surface area contributed by atoms with Crippen LogP contribution in [-0.4, -0.2) is 19.7 Å². The molecule has 1 N–H and O–H groups in total. The zero-order valence-electron chi connectivity index (χ0n) is 18.4. The van der Waals surface area contributed by atoms with E-state index in [2.05, 4.69) is 20.3 Å². The summed E-state index contributed by atoms with van der Waals surface area (Å²) < 4.78 is 1.26. The molecule has 0 unspecified atom stereocenters. The molecule has 0 radical (unpaired) electrons. The maximum Gasteiger partial charge on any atom is 0.301 e. The van der Waals surface area contributed by atoms with E-state index in [1.807, 2.05) is 41.8 Å². The number of aromatic nitrogens is 3. The lowest BCUT2D eigenvalue weighted by molar-refractivity contribution is -0.384. The fraction of sp³-hybridized carbons (Fsp3) is 0. The fourth-order valence-electron chi connectivity index (χ4n) is 3.47. The molecular formula is C25H15N7O3S. The summed E-state index contributed by atoms with van der Waals surface area (Å²) in [7, 11) is 0. The summed E-state index contributed by atoms with van der Waals surface area (Å²) in [5.41, 5.74) is 2.43. The lowest BCUT2D eigenvalue weighted by Crippen LogP contribution is -2.13. The highest BCUT2D eigenvalue weighted by atomic mass is 32.1. The van der Waals surface area contributed by atoms with E-state index < -0.39 is 10.5 Å². The molecule has 3 aromatic carbocycles. The van der Waals surface area contributed by atoms with E-state index in [1.54, 1.807) is 24.3 Å². The van der Waals surface area contributed by atoms with Crippen LogP contribution in [0.4, 0.5) is 17.1 Å². The van der Waals surface area contributed by atoms with Crippen molar-refractivity contribution in [2.75, 3.05) is 0 Å². The first kappa shape index (κ1) is 22.6. The monoisotopic (exact) mass is 493 g/mol. The minimum atomic E-state index is -0.504. The topological polar surface area (TPSA) is 142 Å². The smallest absolute Gasteiger partial charge is 0.286 e. The van der Waals surface area contributed by atoms with Crippen LogP contribution in [0.1, 0.15) is 5.56 Å². The van der Waals surface area contributed by atoms with Crippen molar-refractivity contribution >= 4 is 28.4 Å². The number of azo groups is 1. The number of nitrogens with zero attached hydrogens (tertiary/aromatic N) is 6. The summed E-state index contributed by atoms with van der Waals surface area (Å²) >= 11 is 1.27. The standard InChI is InChI=1S/C25H15N7O3S/c26-14-18-8-4-5-9-20(18)28-29-23-22(17-10-12-19(13-11-17)32(34)35)30-31(24(23)33)25-27-21(15-36-25)16-6-2-1-3-7-16/h1-13,15,30H. The Labute approximate surface area is 207 Å². The second-order valence-corrected chi connectivity index (χ2v) is 8.33. The van der Waals surface area contributed by atoms with Gasteiger partial charge in [-0.25, -0.2) is 4.98 Å². The van der Waals surface area contributed by atoms with E-state index in [-0.39, 0.29) is 11.4 Å².